The molecule has 2 aromatic rings. The third-order valence-electron chi connectivity index (χ3n) is 2.95. The predicted molar refractivity (Wildman–Crippen MR) is 73.9 cm³/mol. The fourth-order valence-corrected chi connectivity index (χ4v) is 2.25. The van der Waals surface area contributed by atoms with Gasteiger partial charge in [-0.15, -0.1) is 0 Å². The molecular weight excluding hydrogens is 285 g/mol. The normalized spacial score (nSPS) is 11.6. The first-order chi connectivity index (χ1) is 9.43. The Bertz CT molecular complexity index is 645. The Morgan fingerprint density at radius 2 is 1.85 bits per heavy atom. The van der Waals surface area contributed by atoms with E-state index in [1.54, 1.807) is 0 Å². The van der Waals surface area contributed by atoms with Crippen LogP contribution in [0.25, 0.3) is 11.3 Å². The standard InChI is InChI=1S/C14H13F3N2S/c1-2-3-11-12(18-8-19-13(11)20)9-4-6-10(7-5-9)14(15,16)17/h4-8H,2-3H2,1H3,(H,18,19,20). The van der Waals surface area contributed by atoms with E-state index in [2.05, 4.69) is 9.97 Å². The molecule has 0 saturated heterocycles. The van der Waals surface area contributed by atoms with Crippen LogP contribution in [0.3, 0.4) is 0 Å². The van der Waals surface area contributed by atoms with Crippen molar-refractivity contribution in [1.29, 1.82) is 0 Å². The van der Waals surface area contributed by atoms with Gasteiger partial charge in [-0.3, -0.25) is 0 Å². The molecule has 0 bridgehead atoms. The highest BCUT2D eigenvalue weighted by atomic mass is 32.1. The van der Waals surface area contributed by atoms with Crippen LogP contribution in [0.15, 0.2) is 30.6 Å². The van der Waals surface area contributed by atoms with Gasteiger partial charge in [-0.1, -0.05) is 37.7 Å². The third-order valence-corrected chi connectivity index (χ3v) is 3.30. The summed E-state index contributed by atoms with van der Waals surface area (Å²) >= 11 is 5.18. The van der Waals surface area contributed by atoms with E-state index in [9.17, 15) is 13.2 Å². The molecule has 106 valence electrons. The van der Waals surface area contributed by atoms with Crippen molar-refractivity contribution in [3.05, 3.63) is 46.4 Å². The lowest BCUT2D eigenvalue weighted by Crippen LogP contribution is -2.04. The number of rotatable bonds is 3. The summed E-state index contributed by atoms with van der Waals surface area (Å²) in [5, 5.41) is 0. The Balaban J connectivity index is 2.47. The number of aromatic amines is 1. The number of alkyl halides is 3. The van der Waals surface area contributed by atoms with Crippen LogP contribution in [0.4, 0.5) is 13.2 Å². The van der Waals surface area contributed by atoms with Gasteiger partial charge in [0.2, 0.25) is 0 Å². The summed E-state index contributed by atoms with van der Waals surface area (Å²) < 4.78 is 38.1. The summed E-state index contributed by atoms with van der Waals surface area (Å²) in [6.45, 7) is 2.01. The fraction of sp³-hybridized carbons (Fsp3) is 0.286. The lowest BCUT2D eigenvalue weighted by atomic mass is 10.0. The van der Waals surface area contributed by atoms with Crippen molar-refractivity contribution in [3.8, 4) is 11.3 Å². The monoisotopic (exact) mass is 298 g/mol. The topological polar surface area (TPSA) is 28.7 Å². The van der Waals surface area contributed by atoms with Crippen LogP contribution in [0.5, 0.6) is 0 Å². The number of halogens is 3. The highest BCUT2D eigenvalue weighted by Gasteiger charge is 2.30. The molecule has 0 saturated carbocycles. The number of nitrogens with zero attached hydrogens (tertiary/aromatic N) is 1. The molecule has 0 amide bonds. The minimum absolute atomic E-state index is 0.487. The van der Waals surface area contributed by atoms with Crippen LogP contribution in [0, 0.1) is 4.64 Å². The van der Waals surface area contributed by atoms with Gasteiger partial charge in [0.1, 0.15) is 4.64 Å². The first kappa shape index (κ1) is 14.7. The van der Waals surface area contributed by atoms with Crippen molar-refractivity contribution in [1.82, 2.24) is 9.97 Å². The first-order valence-electron chi connectivity index (χ1n) is 6.17. The summed E-state index contributed by atoms with van der Waals surface area (Å²) in [5.74, 6) is 0. The van der Waals surface area contributed by atoms with Crippen LogP contribution in [-0.4, -0.2) is 9.97 Å². The van der Waals surface area contributed by atoms with Gasteiger partial charge in [-0.2, -0.15) is 13.2 Å². The molecule has 0 unspecified atom stereocenters. The molecule has 0 radical (unpaired) electrons. The summed E-state index contributed by atoms with van der Waals surface area (Å²) in [6.07, 6.45) is -1.24. The van der Waals surface area contributed by atoms with Crippen LogP contribution in [0.2, 0.25) is 0 Å². The second-order valence-electron chi connectivity index (χ2n) is 4.39. The summed E-state index contributed by atoms with van der Waals surface area (Å²) in [4.78, 5) is 7.00. The van der Waals surface area contributed by atoms with Crippen molar-refractivity contribution < 1.29 is 13.2 Å². The van der Waals surface area contributed by atoms with Gasteiger partial charge in [0.25, 0.3) is 0 Å². The molecular formula is C14H13F3N2S. The number of H-pyrrole nitrogens is 1. The Morgan fingerprint density at radius 1 is 1.20 bits per heavy atom. The van der Waals surface area contributed by atoms with Gasteiger partial charge in [0.15, 0.2) is 0 Å². The molecule has 20 heavy (non-hydrogen) atoms. The van der Waals surface area contributed by atoms with E-state index >= 15 is 0 Å². The minimum Gasteiger partial charge on any atom is -0.346 e. The Hall–Kier alpha value is -1.69. The minimum atomic E-state index is -4.32. The van der Waals surface area contributed by atoms with Gasteiger partial charge < -0.3 is 4.98 Å². The van der Waals surface area contributed by atoms with E-state index in [0.717, 1.165) is 36.2 Å². The molecule has 0 aliphatic carbocycles. The lowest BCUT2D eigenvalue weighted by molar-refractivity contribution is -0.137. The smallest absolute Gasteiger partial charge is 0.346 e. The third kappa shape index (κ3) is 3.07. The number of aromatic nitrogens is 2. The second-order valence-corrected chi connectivity index (χ2v) is 4.77. The van der Waals surface area contributed by atoms with Crippen LogP contribution < -0.4 is 0 Å². The maximum absolute atomic E-state index is 12.6. The SMILES string of the molecule is CCCc1c(-c2ccc(C(F)(F)F)cc2)[nH]cnc1=S. The number of hydrogen-bond acceptors (Lipinski definition) is 2. The number of nitrogens with one attached hydrogen (secondary N) is 1. The van der Waals surface area contributed by atoms with E-state index in [1.807, 2.05) is 6.92 Å². The zero-order valence-electron chi connectivity index (χ0n) is 10.8. The Morgan fingerprint density at radius 3 is 2.40 bits per heavy atom. The average molecular weight is 298 g/mol. The van der Waals surface area contributed by atoms with Gasteiger partial charge >= 0.3 is 6.18 Å². The highest BCUT2D eigenvalue weighted by molar-refractivity contribution is 7.71. The van der Waals surface area contributed by atoms with E-state index in [1.165, 1.54) is 18.5 Å². The zero-order chi connectivity index (χ0) is 14.8. The summed E-state index contributed by atoms with van der Waals surface area (Å²) in [5.41, 5.74) is 1.62. The predicted octanol–water partition coefficient (Wildman–Crippen LogP) is 4.78. The summed E-state index contributed by atoms with van der Waals surface area (Å²) in [7, 11) is 0. The highest BCUT2D eigenvalue weighted by Crippen LogP contribution is 2.31. The van der Waals surface area contributed by atoms with Crippen molar-refractivity contribution in [2.45, 2.75) is 25.9 Å². The van der Waals surface area contributed by atoms with E-state index < -0.39 is 11.7 Å². The Labute approximate surface area is 119 Å². The van der Waals surface area contributed by atoms with Crippen molar-refractivity contribution in [2.75, 3.05) is 0 Å². The van der Waals surface area contributed by atoms with Crippen LogP contribution >= 0.6 is 12.2 Å². The molecule has 1 heterocycles. The van der Waals surface area contributed by atoms with Gasteiger partial charge in [0.05, 0.1) is 17.6 Å². The molecule has 1 N–H and O–H groups in total. The molecule has 1 aromatic heterocycles. The molecule has 0 spiro atoms. The zero-order valence-corrected chi connectivity index (χ0v) is 11.6. The fourth-order valence-electron chi connectivity index (χ4n) is 1.99. The molecule has 0 fully saturated rings. The Kier molecular flexibility index (Phi) is 4.23. The number of hydrogen-bond donors (Lipinski definition) is 1. The molecule has 1 aromatic carbocycles. The largest absolute Gasteiger partial charge is 0.416 e. The maximum atomic E-state index is 12.6. The molecule has 0 aliphatic heterocycles. The summed E-state index contributed by atoms with van der Waals surface area (Å²) in [6, 6.07) is 5.04. The van der Waals surface area contributed by atoms with Crippen molar-refractivity contribution in [3.63, 3.8) is 0 Å². The average Bonchev–Trinajstić information content (AvgIpc) is 2.40. The lowest BCUT2D eigenvalue weighted by Gasteiger charge is -2.10. The molecule has 2 rings (SSSR count). The van der Waals surface area contributed by atoms with Gasteiger partial charge in [0, 0.05) is 5.56 Å². The van der Waals surface area contributed by atoms with Crippen molar-refractivity contribution in [2.24, 2.45) is 0 Å². The van der Waals surface area contributed by atoms with Gasteiger partial charge in [-0.05, 0) is 24.1 Å². The molecule has 0 atom stereocenters. The molecule has 0 aliphatic rings. The van der Waals surface area contributed by atoms with Crippen molar-refractivity contribution >= 4 is 12.2 Å². The van der Waals surface area contributed by atoms with Gasteiger partial charge in [-0.25, -0.2) is 4.98 Å². The maximum Gasteiger partial charge on any atom is 0.416 e. The molecule has 2 nitrogen and oxygen atoms in total. The quantitative estimate of drug-likeness (QED) is 0.826. The second kappa shape index (κ2) is 5.75. The first-order valence-corrected chi connectivity index (χ1v) is 6.58. The van der Waals surface area contributed by atoms with Crippen LogP contribution in [0.1, 0.15) is 24.5 Å². The van der Waals surface area contributed by atoms with Crippen LogP contribution in [-0.2, 0) is 12.6 Å². The number of benzene rings is 1. The van der Waals surface area contributed by atoms with E-state index in [-0.39, 0.29) is 0 Å². The van der Waals surface area contributed by atoms with E-state index in [4.69, 9.17) is 12.2 Å². The van der Waals surface area contributed by atoms with E-state index in [0.29, 0.717) is 10.2 Å². The molecule has 6 heteroatoms.